The van der Waals surface area contributed by atoms with Gasteiger partial charge >= 0.3 is 0 Å². The van der Waals surface area contributed by atoms with E-state index in [1.54, 1.807) is 6.92 Å². The third kappa shape index (κ3) is 3.10. The Bertz CT molecular complexity index is 852. The van der Waals surface area contributed by atoms with Crippen LogP contribution in [0.5, 0.6) is 11.5 Å². The van der Waals surface area contributed by atoms with Crippen LogP contribution in [0.15, 0.2) is 23.2 Å². The van der Waals surface area contributed by atoms with E-state index in [2.05, 4.69) is 4.99 Å². The van der Waals surface area contributed by atoms with Gasteiger partial charge in [0.25, 0.3) is 0 Å². The Labute approximate surface area is 150 Å². The number of hydrogen-bond acceptors (Lipinski definition) is 6. The van der Waals surface area contributed by atoms with Crippen LogP contribution in [0.25, 0.3) is 0 Å². The average molecular weight is 382 g/mol. The normalized spacial score (nSPS) is 28.2. The summed E-state index contributed by atoms with van der Waals surface area (Å²) in [5, 5.41) is 0.454. The maximum absolute atomic E-state index is 12.0. The van der Waals surface area contributed by atoms with Crippen molar-refractivity contribution in [1.29, 1.82) is 0 Å². The van der Waals surface area contributed by atoms with E-state index >= 15 is 0 Å². The molecular formula is C16H18N2O5S2. The predicted octanol–water partition coefficient (Wildman–Crippen LogP) is 1.47. The second kappa shape index (κ2) is 6.21. The molecule has 1 aromatic carbocycles. The van der Waals surface area contributed by atoms with Crippen molar-refractivity contribution in [1.82, 2.24) is 0 Å². The fraction of sp³-hybridized carbons (Fsp3) is 0.500. The molecule has 3 aliphatic heterocycles. The van der Waals surface area contributed by atoms with Crippen LogP contribution in [0.1, 0.15) is 13.3 Å². The number of sulfone groups is 1. The lowest BCUT2D eigenvalue weighted by Gasteiger charge is -2.26. The zero-order chi connectivity index (χ0) is 17.6. The van der Waals surface area contributed by atoms with Crippen LogP contribution in [0.3, 0.4) is 0 Å². The summed E-state index contributed by atoms with van der Waals surface area (Å²) in [6, 6.07) is 5.27. The van der Waals surface area contributed by atoms with Gasteiger partial charge in [0.1, 0.15) is 13.2 Å². The van der Waals surface area contributed by atoms with Crippen LogP contribution in [0.4, 0.5) is 5.69 Å². The predicted molar refractivity (Wildman–Crippen MR) is 96.5 cm³/mol. The van der Waals surface area contributed by atoms with Crippen molar-refractivity contribution in [3.05, 3.63) is 18.2 Å². The van der Waals surface area contributed by atoms with Crippen LogP contribution in [-0.2, 0) is 14.6 Å². The highest BCUT2D eigenvalue weighted by Crippen LogP contribution is 2.43. The summed E-state index contributed by atoms with van der Waals surface area (Å²) in [4.78, 5) is 17.9. The van der Waals surface area contributed by atoms with Gasteiger partial charge in [0.05, 0.1) is 17.5 Å². The van der Waals surface area contributed by atoms with Gasteiger partial charge in [-0.1, -0.05) is 18.7 Å². The molecule has 0 saturated carbocycles. The molecule has 0 aromatic heterocycles. The van der Waals surface area contributed by atoms with Crippen LogP contribution in [0.2, 0.25) is 0 Å². The molecule has 7 nitrogen and oxygen atoms in total. The molecule has 0 aliphatic carbocycles. The monoisotopic (exact) mass is 382 g/mol. The first-order chi connectivity index (χ1) is 12.0. The number of fused-ring (bicyclic) bond motifs is 2. The summed E-state index contributed by atoms with van der Waals surface area (Å²) in [7, 11) is -3.08. The van der Waals surface area contributed by atoms with E-state index in [4.69, 9.17) is 9.47 Å². The van der Waals surface area contributed by atoms with Crippen LogP contribution in [-0.4, -0.2) is 55.5 Å². The fourth-order valence-electron chi connectivity index (χ4n) is 3.23. The molecule has 1 amide bonds. The van der Waals surface area contributed by atoms with Crippen molar-refractivity contribution < 1.29 is 22.7 Å². The number of amides is 1. The van der Waals surface area contributed by atoms with Crippen molar-refractivity contribution in [2.24, 2.45) is 4.99 Å². The number of carbonyl (C=O) groups is 1. The summed E-state index contributed by atoms with van der Waals surface area (Å²) < 4.78 is 35.3. The van der Waals surface area contributed by atoms with E-state index in [1.165, 1.54) is 11.8 Å². The van der Waals surface area contributed by atoms with Crippen molar-refractivity contribution in [2.45, 2.75) is 24.6 Å². The molecule has 1 aromatic rings. The van der Waals surface area contributed by atoms with Gasteiger partial charge in [0.15, 0.2) is 26.5 Å². The molecule has 25 heavy (non-hydrogen) atoms. The molecule has 0 spiro atoms. The van der Waals surface area contributed by atoms with Gasteiger partial charge in [-0.15, -0.1) is 0 Å². The lowest BCUT2D eigenvalue weighted by atomic mass is 10.2. The van der Waals surface area contributed by atoms with Gasteiger partial charge in [0.2, 0.25) is 5.91 Å². The summed E-state index contributed by atoms with van der Waals surface area (Å²) in [5.41, 5.74) is 0.768. The lowest BCUT2D eigenvalue weighted by molar-refractivity contribution is -0.117. The minimum absolute atomic E-state index is 0.0679. The van der Waals surface area contributed by atoms with Crippen LogP contribution in [0, 0.1) is 0 Å². The Morgan fingerprint density at radius 2 is 2.04 bits per heavy atom. The maximum atomic E-state index is 12.0. The van der Waals surface area contributed by atoms with Crippen molar-refractivity contribution in [3.8, 4) is 11.5 Å². The highest BCUT2D eigenvalue weighted by Gasteiger charge is 2.49. The average Bonchev–Trinajstić information content (AvgIpc) is 3.05. The number of aliphatic imine (C=N–C) groups is 1. The van der Waals surface area contributed by atoms with Gasteiger partial charge in [-0.2, -0.15) is 4.99 Å². The standard InChI is InChI=1S/C16H18N2O5S2/c1-2-15(19)17-16-18(11-8-25(20,21)9-14(11)24-16)10-3-4-12-13(7-10)23-6-5-22-12/h3-4,7,11,14H,2,5-6,8-9H2,1H3/t11-,14+/m0/s1. The van der Waals surface area contributed by atoms with Gasteiger partial charge in [-0.3, -0.25) is 4.79 Å². The van der Waals surface area contributed by atoms with Gasteiger partial charge in [-0.05, 0) is 12.1 Å². The number of ether oxygens (including phenoxy) is 2. The Kier molecular flexibility index (Phi) is 4.15. The summed E-state index contributed by atoms with van der Waals surface area (Å²) in [6.07, 6.45) is 0.312. The summed E-state index contributed by atoms with van der Waals surface area (Å²) in [5.74, 6) is 1.26. The SMILES string of the molecule is CCC(=O)N=C1S[C@@H]2CS(=O)(=O)C[C@@H]2N1c1ccc2c(c1)OCCO2. The van der Waals surface area contributed by atoms with E-state index in [1.807, 2.05) is 23.1 Å². The molecule has 2 saturated heterocycles. The largest absolute Gasteiger partial charge is 0.486 e. The van der Waals surface area contributed by atoms with Gasteiger partial charge < -0.3 is 14.4 Å². The number of nitrogens with zero attached hydrogens (tertiary/aromatic N) is 2. The molecule has 0 N–H and O–H groups in total. The molecule has 4 rings (SSSR count). The zero-order valence-electron chi connectivity index (χ0n) is 13.7. The van der Waals surface area contributed by atoms with E-state index in [0.29, 0.717) is 36.3 Å². The number of rotatable bonds is 2. The Morgan fingerprint density at radius 3 is 2.80 bits per heavy atom. The second-order valence-corrected chi connectivity index (χ2v) is 9.50. The number of benzene rings is 1. The zero-order valence-corrected chi connectivity index (χ0v) is 15.3. The summed E-state index contributed by atoms with van der Waals surface area (Å²) >= 11 is 1.37. The van der Waals surface area contributed by atoms with Crippen LogP contribution < -0.4 is 14.4 Å². The third-order valence-corrected chi connectivity index (χ3v) is 7.60. The number of hydrogen-bond donors (Lipinski definition) is 0. The molecule has 3 aliphatic rings. The first-order valence-electron chi connectivity index (χ1n) is 8.14. The Hall–Kier alpha value is -1.74. The minimum Gasteiger partial charge on any atom is -0.486 e. The smallest absolute Gasteiger partial charge is 0.247 e. The highest BCUT2D eigenvalue weighted by molar-refractivity contribution is 8.16. The van der Waals surface area contributed by atoms with E-state index < -0.39 is 9.84 Å². The third-order valence-electron chi connectivity index (χ3n) is 4.39. The van der Waals surface area contributed by atoms with E-state index in [0.717, 1.165) is 5.69 Å². The number of anilines is 1. The number of amidine groups is 1. The van der Waals surface area contributed by atoms with Crippen molar-refractivity contribution >= 4 is 38.4 Å². The van der Waals surface area contributed by atoms with Gasteiger partial charge in [-0.25, -0.2) is 8.42 Å². The molecule has 0 unspecified atom stereocenters. The first kappa shape index (κ1) is 16.7. The lowest BCUT2D eigenvalue weighted by Crippen LogP contribution is -2.37. The minimum atomic E-state index is -3.08. The van der Waals surface area contributed by atoms with E-state index in [9.17, 15) is 13.2 Å². The topological polar surface area (TPSA) is 85.3 Å². The molecule has 9 heteroatoms. The van der Waals surface area contributed by atoms with Crippen molar-refractivity contribution in [2.75, 3.05) is 29.6 Å². The van der Waals surface area contributed by atoms with Crippen molar-refractivity contribution in [3.63, 3.8) is 0 Å². The molecule has 0 bridgehead atoms. The molecule has 134 valence electrons. The fourth-order valence-corrected chi connectivity index (χ4v) is 7.17. The number of carbonyl (C=O) groups excluding carboxylic acids is 1. The van der Waals surface area contributed by atoms with E-state index in [-0.39, 0.29) is 28.7 Å². The number of thioether (sulfide) groups is 1. The highest BCUT2D eigenvalue weighted by atomic mass is 32.2. The van der Waals surface area contributed by atoms with Crippen LogP contribution >= 0.6 is 11.8 Å². The molecule has 0 radical (unpaired) electrons. The molecule has 3 heterocycles. The second-order valence-electron chi connectivity index (χ2n) is 6.14. The Balaban J connectivity index is 1.74. The maximum Gasteiger partial charge on any atom is 0.247 e. The first-order valence-corrected chi connectivity index (χ1v) is 10.8. The summed E-state index contributed by atoms with van der Waals surface area (Å²) in [6.45, 7) is 2.74. The van der Waals surface area contributed by atoms with Gasteiger partial charge in [0, 0.05) is 23.4 Å². The Morgan fingerprint density at radius 1 is 1.28 bits per heavy atom. The molecule has 2 fully saturated rings. The quantitative estimate of drug-likeness (QED) is 0.766. The molecule has 2 atom stereocenters. The molecular weight excluding hydrogens is 364 g/mol.